The third-order valence-corrected chi connectivity index (χ3v) is 1.84. The van der Waals surface area contributed by atoms with Crippen molar-refractivity contribution in [2.75, 3.05) is 7.11 Å². The van der Waals surface area contributed by atoms with Crippen molar-refractivity contribution in [3.8, 4) is 17.6 Å². The molecule has 6 nitrogen and oxygen atoms in total. The van der Waals surface area contributed by atoms with Crippen LogP contribution in [0.5, 0.6) is 11.5 Å². The van der Waals surface area contributed by atoms with Gasteiger partial charge in [0.05, 0.1) is 18.1 Å². The minimum absolute atomic E-state index is 0.155. The lowest BCUT2D eigenvalue weighted by Crippen LogP contribution is -2.08. The summed E-state index contributed by atoms with van der Waals surface area (Å²) >= 11 is 0. The van der Waals surface area contributed by atoms with Crippen LogP contribution in [0.4, 0.5) is 5.69 Å². The zero-order valence-corrected chi connectivity index (χ0v) is 8.84. The standard InChI is InChI=1S/C10H10N2O4/c1-7(6-11)16-8-3-4-10(15-2)9(5-8)12(13)14/h3-5,7H,1-2H3. The molecule has 1 aromatic carbocycles. The second kappa shape index (κ2) is 4.98. The van der Waals surface area contributed by atoms with Crippen LogP contribution < -0.4 is 9.47 Å². The van der Waals surface area contributed by atoms with E-state index < -0.39 is 11.0 Å². The van der Waals surface area contributed by atoms with Crippen molar-refractivity contribution in [2.45, 2.75) is 13.0 Å². The molecule has 0 heterocycles. The Kier molecular flexibility index (Phi) is 3.67. The Morgan fingerprint density at radius 3 is 2.75 bits per heavy atom. The van der Waals surface area contributed by atoms with Gasteiger partial charge in [0.2, 0.25) is 0 Å². The SMILES string of the molecule is COc1ccc(OC(C)C#N)cc1[N+](=O)[O-]. The summed E-state index contributed by atoms with van der Waals surface area (Å²) in [6.45, 7) is 1.55. The molecule has 1 atom stereocenters. The van der Waals surface area contributed by atoms with Gasteiger partial charge in [0.1, 0.15) is 11.8 Å². The third kappa shape index (κ3) is 2.60. The van der Waals surface area contributed by atoms with Crippen LogP contribution in [0.15, 0.2) is 18.2 Å². The van der Waals surface area contributed by atoms with Crippen LogP contribution in [0, 0.1) is 21.4 Å². The summed E-state index contributed by atoms with van der Waals surface area (Å²) in [5, 5.41) is 19.2. The maximum Gasteiger partial charge on any atom is 0.314 e. The lowest BCUT2D eigenvalue weighted by atomic mass is 10.2. The van der Waals surface area contributed by atoms with Gasteiger partial charge in [-0.15, -0.1) is 0 Å². The number of nitro benzene ring substituents is 1. The lowest BCUT2D eigenvalue weighted by molar-refractivity contribution is -0.385. The summed E-state index contributed by atoms with van der Waals surface area (Å²) < 4.78 is 9.96. The van der Waals surface area contributed by atoms with Gasteiger partial charge in [0, 0.05) is 0 Å². The molecule has 0 amide bonds. The smallest absolute Gasteiger partial charge is 0.314 e. The molecule has 1 unspecified atom stereocenters. The van der Waals surface area contributed by atoms with Crippen LogP contribution >= 0.6 is 0 Å². The molecule has 0 aliphatic carbocycles. The molecule has 0 saturated heterocycles. The van der Waals surface area contributed by atoms with Crippen molar-refractivity contribution in [1.29, 1.82) is 5.26 Å². The van der Waals surface area contributed by atoms with Crippen LogP contribution in [0.3, 0.4) is 0 Å². The number of nitrogens with zero attached hydrogens (tertiary/aromatic N) is 2. The Morgan fingerprint density at radius 1 is 1.56 bits per heavy atom. The fourth-order valence-electron chi connectivity index (χ4n) is 1.12. The number of methoxy groups -OCH3 is 1. The summed E-state index contributed by atoms with van der Waals surface area (Å²) in [5.74, 6) is 0.420. The summed E-state index contributed by atoms with van der Waals surface area (Å²) in [7, 11) is 1.35. The zero-order valence-electron chi connectivity index (χ0n) is 8.84. The predicted octanol–water partition coefficient (Wildman–Crippen LogP) is 1.89. The number of hydrogen-bond donors (Lipinski definition) is 0. The van der Waals surface area contributed by atoms with E-state index in [-0.39, 0.29) is 17.2 Å². The molecule has 84 valence electrons. The number of nitro groups is 1. The molecule has 0 N–H and O–H groups in total. The highest BCUT2D eigenvalue weighted by molar-refractivity contribution is 5.50. The Labute approximate surface area is 92.2 Å². The average molecular weight is 222 g/mol. The minimum atomic E-state index is -0.659. The van der Waals surface area contributed by atoms with E-state index in [0.29, 0.717) is 0 Å². The monoisotopic (exact) mass is 222 g/mol. The highest BCUT2D eigenvalue weighted by Gasteiger charge is 2.16. The van der Waals surface area contributed by atoms with E-state index in [0.717, 1.165) is 0 Å². The number of benzene rings is 1. The van der Waals surface area contributed by atoms with Gasteiger partial charge in [0.25, 0.3) is 0 Å². The van der Waals surface area contributed by atoms with Crippen LogP contribution in [0.25, 0.3) is 0 Å². The van der Waals surface area contributed by atoms with Gasteiger partial charge in [-0.1, -0.05) is 0 Å². The van der Waals surface area contributed by atoms with Gasteiger partial charge in [-0.25, -0.2) is 0 Å². The van der Waals surface area contributed by atoms with Crippen molar-refractivity contribution >= 4 is 5.69 Å². The third-order valence-electron chi connectivity index (χ3n) is 1.84. The lowest BCUT2D eigenvalue weighted by Gasteiger charge is -2.08. The van der Waals surface area contributed by atoms with Crippen LogP contribution in [0.1, 0.15) is 6.92 Å². The van der Waals surface area contributed by atoms with Gasteiger partial charge < -0.3 is 9.47 Å². The van der Waals surface area contributed by atoms with Crippen molar-refractivity contribution in [1.82, 2.24) is 0 Å². The fraction of sp³-hybridized carbons (Fsp3) is 0.300. The van der Waals surface area contributed by atoms with Gasteiger partial charge in [-0.3, -0.25) is 10.1 Å². The molecule has 6 heteroatoms. The molecule has 16 heavy (non-hydrogen) atoms. The summed E-state index contributed by atoms with van der Waals surface area (Å²) in [4.78, 5) is 10.1. The molecular formula is C10H10N2O4. The first-order chi connectivity index (χ1) is 7.58. The molecule has 1 aromatic rings. The number of rotatable bonds is 4. The molecule has 0 aliphatic heterocycles. The Morgan fingerprint density at radius 2 is 2.25 bits per heavy atom. The Balaban J connectivity index is 3.03. The fourth-order valence-corrected chi connectivity index (χ4v) is 1.12. The minimum Gasteiger partial charge on any atom is -0.490 e. The first-order valence-electron chi connectivity index (χ1n) is 4.47. The van der Waals surface area contributed by atoms with Crippen molar-refractivity contribution < 1.29 is 14.4 Å². The molecule has 0 bridgehead atoms. The molecule has 1 rings (SSSR count). The van der Waals surface area contributed by atoms with Gasteiger partial charge in [-0.2, -0.15) is 5.26 Å². The molecule has 0 spiro atoms. The topological polar surface area (TPSA) is 85.4 Å². The second-order valence-corrected chi connectivity index (χ2v) is 2.98. The molecule has 0 radical (unpaired) electrons. The molecule has 0 fully saturated rings. The van der Waals surface area contributed by atoms with E-state index in [1.165, 1.54) is 25.3 Å². The van der Waals surface area contributed by atoms with E-state index in [2.05, 4.69) is 0 Å². The molecular weight excluding hydrogens is 212 g/mol. The molecule has 0 aromatic heterocycles. The summed E-state index contributed by atoms with van der Waals surface area (Å²) in [6.07, 6.45) is -0.659. The highest BCUT2D eigenvalue weighted by Crippen LogP contribution is 2.30. The first kappa shape index (κ1) is 11.8. The number of nitriles is 1. The van der Waals surface area contributed by atoms with Gasteiger partial charge in [-0.05, 0) is 19.1 Å². The highest BCUT2D eigenvalue weighted by atomic mass is 16.6. The van der Waals surface area contributed by atoms with E-state index >= 15 is 0 Å². The van der Waals surface area contributed by atoms with E-state index in [9.17, 15) is 10.1 Å². The maximum atomic E-state index is 10.7. The maximum absolute atomic E-state index is 10.7. The Bertz CT molecular complexity index is 439. The van der Waals surface area contributed by atoms with Gasteiger partial charge >= 0.3 is 5.69 Å². The molecule has 0 saturated carbocycles. The first-order valence-corrected chi connectivity index (χ1v) is 4.47. The predicted molar refractivity (Wildman–Crippen MR) is 55.4 cm³/mol. The Hall–Kier alpha value is -2.29. The zero-order chi connectivity index (χ0) is 12.1. The number of hydrogen-bond acceptors (Lipinski definition) is 5. The largest absolute Gasteiger partial charge is 0.490 e. The van der Waals surface area contributed by atoms with Crippen molar-refractivity contribution in [2.24, 2.45) is 0 Å². The van der Waals surface area contributed by atoms with E-state index in [1.807, 2.05) is 6.07 Å². The van der Waals surface area contributed by atoms with Crippen LogP contribution in [0.2, 0.25) is 0 Å². The molecule has 0 aliphatic rings. The van der Waals surface area contributed by atoms with Gasteiger partial charge in [0.15, 0.2) is 11.9 Å². The van der Waals surface area contributed by atoms with E-state index in [1.54, 1.807) is 6.92 Å². The number of ether oxygens (including phenoxy) is 2. The normalized spacial score (nSPS) is 11.3. The van der Waals surface area contributed by atoms with E-state index in [4.69, 9.17) is 14.7 Å². The second-order valence-electron chi connectivity index (χ2n) is 2.98. The summed E-state index contributed by atoms with van der Waals surface area (Å²) in [6, 6.07) is 6.04. The van der Waals surface area contributed by atoms with Crippen LogP contribution in [-0.4, -0.2) is 18.1 Å². The van der Waals surface area contributed by atoms with Crippen molar-refractivity contribution in [3.63, 3.8) is 0 Å². The summed E-state index contributed by atoms with van der Waals surface area (Å²) in [5.41, 5.74) is -0.190. The van der Waals surface area contributed by atoms with Crippen LogP contribution in [-0.2, 0) is 0 Å². The quantitative estimate of drug-likeness (QED) is 0.573. The van der Waals surface area contributed by atoms with Crippen molar-refractivity contribution in [3.05, 3.63) is 28.3 Å². The average Bonchev–Trinajstić information content (AvgIpc) is 2.28.